The van der Waals surface area contributed by atoms with Crippen molar-refractivity contribution in [1.29, 1.82) is 0 Å². The zero-order chi connectivity index (χ0) is 15.8. The minimum Gasteiger partial charge on any atom is -0.504 e. The van der Waals surface area contributed by atoms with Crippen molar-refractivity contribution >= 4 is 39.8 Å². The number of fused-ring (bicyclic) bond motifs is 3. The lowest BCUT2D eigenvalue weighted by molar-refractivity contribution is -0.117. The maximum Gasteiger partial charge on any atom is 0.178 e. The van der Waals surface area contributed by atoms with Gasteiger partial charge < -0.3 is 20.3 Å². The number of nitrogens with one attached hydrogen (secondary N) is 2. The first-order valence-corrected chi connectivity index (χ1v) is 9.40. The molecule has 120 valence electrons. The first-order chi connectivity index (χ1) is 11.7. The molecule has 0 amide bonds. The number of aromatic amines is 1. The predicted octanol–water partition coefficient (Wildman–Crippen LogP) is 2.60. The second-order valence-electron chi connectivity index (χ2n) is 7.62. The topological polar surface area (TPSA) is 68.4 Å². The molecule has 3 N–H and O–H groups in total. The van der Waals surface area contributed by atoms with Crippen LogP contribution in [0.1, 0.15) is 24.0 Å². The van der Waals surface area contributed by atoms with Gasteiger partial charge in [-0.25, -0.2) is 0 Å². The van der Waals surface area contributed by atoms with Gasteiger partial charge in [0.25, 0.3) is 0 Å². The average molecular weight is 337 g/mol. The molecule has 2 aromatic rings. The van der Waals surface area contributed by atoms with Crippen molar-refractivity contribution in [1.82, 2.24) is 4.98 Å². The number of hydrogen-bond acceptors (Lipinski definition) is 5. The number of thioether (sulfide) groups is 1. The predicted molar refractivity (Wildman–Crippen MR) is 93.8 cm³/mol. The minimum atomic E-state index is -0.0716. The molecule has 3 bridgehead atoms. The fourth-order valence-corrected chi connectivity index (χ4v) is 7.26. The molecule has 4 aliphatic heterocycles. The second-order valence-corrected chi connectivity index (χ2v) is 8.87. The molecule has 1 aliphatic carbocycles. The summed E-state index contributed by atoms with van der Waals surface area (Å²) in [6.07, 6.45) is 6.73. The molecular weight excluding hydrogens is 322 g/mol. The van der Waals surface area contributed by atoms with E-state index in [0.717, 1.165) is 42.4 Å². The van der Waals surface area contributed by atoms with E-state index in [4.69, 9.17) is 0 Å². The third-order valence-electron chi connectivity index (χ3n) is 6.65. The summed E-state index contributed by atoms with van der Waals surface area (Å²) in [5.41, 5.74) is 5.33. The van der Waals surface area contributed by atoms with E-state index in [1.807, 2.05) is 12.3 Å². The number of carbonyl (C=O) groups excluding carboxylic acids is 1. The molecule has 5 heterocycles. The molecule has 6 heteroatoms. The summed E-state index contributed by atoms with van der Waals surface area (Å²) in [4.78, 5) is 19.6. The number of hydrogen-bond donors (Lipinski definition) is 3. The Bertz CT molecular complexity index is 1040. The molecule has 0 saturated carbocycles. The lowest BCUT2D eigenvalue weighted by Crippen LogP contribution is -2.55. The first kappa shape index (κ1) is 12.3. The number of anilines is 2. The van der Waals surface area contributed by atoms with Crippen LogP contribution in [0.2, 0.25) is 0 Å². The van der Waals surface area contributed by atoms with E-state index >= 15 is 0 Å². The molecule has 1 spiro atoms. The third-order valence-corrected chi connectivity index (χ3v) is 7.98. The van der Waals surface area contributed by atoms with Gasteiger partial charge in [0.15, 0.2) is 11.5 Å². The van der Waals surface area contributed by atoms with Crippen LogP contribution >= 0.6 is 11.8 Å². The van der Waals surface area contributed by atoms with Crippen molar-refractivity contribution in [2.24, 2.45) is 0 Å². The number of phenolic OH excluding ortho intramolecular Hbond substituents is 1. The third kappa shape index (κ3) is 1.06. The number of carbonyl (C=O) groups is 1. The highest BCUT2D eigenvalue weighted by Crippen LogP contribution is 2.68. The standard InChI is InChI=1S/C18H15N3O2S/c22-9-3-10-18-4-8(9)21-2-1-7-6-19-14-12(7)16(21)13(18)15(17(14)23)20-11(5-18)24-10/h3,6,8,11,19-20,23H,1-2,4-5H2. The summed E-state index contributed by atoms with van der Waals surface area (Å²) < 4.78 is 0. The first-order valence-electron chi connectivity index (χ1n) is 8.52. The summed E-state index contributed by atoms with van der Waals surface area (Å²) in [5.74, 6) is 0.598. The SMILES string of the molecule is O=C1C=C2SC3CC24CC1N1CCc2c[nH]c5c(O)c(c4c1c25)N3. The number of benzene rings is 1. The van der Waals surface area contributed by atoms with Gasteiger partial charge in [-0.2, -0.15) is 0 Å². The summed E-state index contributed by atoms with van der Waals surface area (Å²) in [7, 11) is 0. The maximum atomic E-state index is 12.8. The number of aromatic nitrogens is 1. The van der Waals surface area contributed by atoms with Crippen molar-refractivity contribution in [2.45, 2.75) is 36.1 Å². The molecule has 1 aromatic carbocycles. The minimum absolute atomic E-state index is 0.0395. The highest BCUT2D eigenvalue weighted by atomic mass is 32.2. The van der Waals surface area contributed by atoms with Gasteiger partial charge in [0, 0.05) is 34.0 Å². The van der Waals surface area contributed by atoms with Crippen LogP contribution in [0, 0.1) is 0 Å². The Morgan fingerprint density at radius 1 is 1.38 bits per heavy atom. The van der Waals surface area contributed by atoms with Crippen LogP contribution in [0.4, 0.5) is 11.4 Å². The summed E-state index contributed by atoms with van der Waals surface area (Å²) in [5, 5.41) is 15.9. The average Bonchev–Trinajstić information content (AvgIpc) is 3.11. The molecule has 24 heavy (non-hydrogen) atoms. The molecule has 5 nitrogen and oxygen atoms in total. The highest BCUT2D eigenvalue weighted by molar-refractivity contribution is 8.04. The largest absolute Gasteiger partial charge is 0.504 e. The maximum absolute atomic E-state index is 12.8. The molecule has 7 rings (SSSR count). The van der Waals surface area contributed by atoms with Crippen LogP contribution in [-0.2, 0) is 16.6 Å². The fourth-order valence-electron chi connectivity index (χ4n) is 5.73. The fraction of sp³-hybridized carbons (Fsp3) is 0.389. The van der Waals surface area contributed by atoms with Crippen LogP contribution in [0.15, 0.2) is 17.2 Å². The lowest BCUT2D eigenvalue weighted by atomic mass is 9.63. The molecule has 5 aliphatic rings. The number of allylic oxidation sites excluding steroid dienone is 1. The van der Waals surface area contributed by atoms with Crippen LogP contribution in [-0.4, -0.2) is 33.8 Å². The molecule has 3 atom stereocenters. The summed E-state index contributed by atoms with van der Waals surface area (Å²) in [6.45, 7) is 0.878. The van der Waals surface area contributed by atoms with Gasteiger partial charge in [-0.15, -0.1) is 11.8 Å². The number of H-pyrrole nitrogens is 1. The number of aromatic hydroxyl groups is 1. The second kappa shape index (κ2) is 3.47. The molecule has 0 radical (unpaired) electrons. The Labute approximate surface area is 142 Å². The quantitative estimate of drug-likeness (QED) is 0.645. The summed E-state index contributed by atoms with van der Waals surface area (Å²) in [6, 6.07) is -0.0395. The number of phenols is 1. The van der Waals surface area contributed by atoms with Gasteiger partial charge in [-0.05, 0) is 30.9 Å². The van der Waals surface area contributed by atoms with E-state index < -0.39 is 0 Å². The zero-order valence-electron chi connectivity index (χ0n) is 12.8. The van der Waals surface area contributed by atoms with Gasteiger partial charge in [0.1, 0.15) is 0 Å². The monoisotopic (exact) mass is 337 g/mol. The number of nitrogens with zero attached hydrogens (tertiary/aromatic N) is 1. The van der Waals surface area contributed by atoms with Gasteiger partial charge in [-0.1, -0.05) is 0 Å². The van der Waals surface area contributed by atoms with Gasteiger partial charge in [0.05, 0.1) is 28.3 Å². The number of ketones is 1. The van der Waals surface area contributed by atoms with Gasteiger partial charge >= 0.3 is 0 Å². The Morgan fingerprint density at radius 3 is 3.21 bits per heavy atom. The van der Waals surface area contributed by atoms with E-state index in [0.29, 0.717) is 5.75 Å². The van der Waals surface area contributed by atoms with Crippen molar-refractivity contribution in [2.75, 3.05) is 16.8 Å². The van der Waals surface area contributed by atoms with Crippen molar-refractivity contribution in [3.05, 3.63) is 28.3 Å². The molecule has 1 aromatic heterocycles. The summed E-state index contributed by atoms with van der Waals surface area (Å²) >= 11 is 1.78. The van der Waals surface area contributed by atoms with E-state index in [9.17, 15) is 9.90 Å². The van der Waals surface area contributed by atoms with E-state index in [-0.39, 0.29) is 22.6 Å². The van der Waals surface area contributed by atoms with Crippen molar-refractivity contribution in [3.8, 4) is 5.75 Å². The molecule has 3 unspecified atom stereocenters. The Kier molecular flexibility index (Phi) is 1.78. The lowest BCUT2D eigenvalue weighted by Gasteiger charge is -2.52. The normalized spacial score (nSPS) is 33.9. The zero-order valence-corrected chi connectivity index (χ0v) is 13.7. The van der Waals surface area contributed by atoms with Gasteiger partial charge in [0.2, 0.25) is 0 Å². The molecule has 1 fully saturated rings. The molecule has 1 saturated heterocycles. The van der Waals surface area contributed by atoms with Crippen molar-refractivity contribution < 1.29 is 9.90 Å². The van der Waals surface area contributed by atoms with Gasteiger partial charge in [-0.3, -0.25) is 4.79 Å². The van der Waals surface area contributed by atoms with Crippen LogP contribution < -0.4 is 10.2 Å². The van der Waals surface area contributed by atoms with Crippen LogP contribution in [0.5, 0.6) is 5.75 Å². The Balaban J connectivity index is 1.75. The van der Waals surface area contributed by atoms with E-state index in [1.54, 1.807) is 11.8 Å². The smallest absolute Gasteiger partial charge is 0.178 e. The highest BCUT2D eigenvalue weighted by Gasteiger charge is 2.60. The van der Waals surface area contributed by atoms with Crippen molar-refractivity contribution in [3.63, 3.8) is 0 Å². The van der Waals surface area contributed by atoms with Crippen LogP contribution in [0.25, 0.3) is 10.9 Å². The van der Waals surface area contributed by atoms with E-state index in [1.165, 1.54) is 21.7 Å². The number of rotatable bonds is 0. The Hall–Kier alpha value is -2.08. The molecular formula is C18H15N3O2S. The van der Waals surface area contributed by atoms with E-state index in [2.05, 4.69) is 15.2 Å². The Morgan fingerprint density at radius 2 is 2.29 bits per heavy atom. The van der Waals surface area contributed by atoms with Crippen LogP contribution in [0.3, 0.4) is 0 Å².